The Morgan fingerprint density at radius 3 is 1.85 bits per heavy atom. The minimum atomic E-state index is -1.81. The molecular weight excluding hydrogens is 385 g/mol. The zero-order valence-electron chi connectivity index (χ0n) is 9.63. The van der Waals surface area contributed by atoms with Gasteiger partial charge in [0, 0.05) is 5.56 Å². The van der Waals surface area contributed by atoms with Crippen LogP contribution in [0, 0.1) is 0 Å². The fourth-order valence-electron chi connectivity index (χ4n) is 1.48. The van der Waals surface area contributed by atoms with Crippen LogP contribution in [0.15, 0.2) is 36.4 Å². The summed E-state index contributed by atoms with van der Waals surface area (Å²) in [4.78, 5) is 8.20. The molecule has 20 heavy (non-hydrogen) atoms. The molecule has 0 radical (unpaired) electrons. The number of benzene rings is 1. The van der Waals surface area contributed by atoms with Gasteiger partial charge in [0.25, 0.3) is 0 Å². The smallest absolute Gasteiger partial charge is 0.229 e. The van der Waals surface area contributed by atoms with Crippen molar-refractivity contribution in [1.29, 1.82) is 0 Å². The van der Waals surface area contributed by atoms with Gasteiger partial charge >= 0.3 is 0 Å². The van der Waals surface area contributed by atoms with Gasteiger partial charge in [-0.1, -0.05) is 99.9 Å². The zero-order chi connectivity index (χ0) is 15.0. The summed E-state index contributed by atoms with van der Waals surface area (Å²) in [6.45, 7) is 0. The van der Waals surface area contributed by atoms with Crippen LogP contribution in [0.1, 0.15) is 11.5 Å². The fraction of sp³-hybridized carbons (Fsp3) is 0.167. The third kappa shape index (κ3) is 4.03. The SMILES string of the molecule is ClC(Cl)(Cl)c1cc(-c2ccccc2)nc(C(Cl)(Cl)Cl)n1. The molecule has 0 aliphatic carbocycles. The van der Waals surface area contributed by atoms with Crippen LogP contribution < -0.4 is 0 Å². The van der Waals surface area contributed by atoms with Gasteiger partial charge in [0.1, 0.15) is 0 Å². The minimum Gasteiger partial charge on any atom is -0.229 e. The highest BCUT2D eigenvalue weighted by atomic mass is 35.6. The summed E-state index contributed by atoms with van der Waals surface area (Å²) in [6, 6.07) is 10.8. The summed E-state index contributed by atoms with van der Waals surface area (Å²) in [5.41, 5.74) is 1.43. The molecule has 1 aromatic heterocycles. The second kappa shape index (κ2) is 6.04. The standard InChI is InChI=1S/C12H6Cl6N2/c13-11(14,15)9-6-8(7-4-2-1-3-5-7)19-10(20-9)12(16,17)18/h1-6H. The van der Waals surface area contributed by atoms with Crippen LogP contribution in [-0.4, -0.2) is 9.97 Å². The first-order valence-electron chi connectivity index (χ1n) is 5.27. The van der Waals surface area contributed by atoms with Gasteiger partial charge < -0.3 is 0 Å². The van der Waals surface area contributed by atoms with E-state index in [0.29, 0.717) is 5.69 Å². The number of alkyl halides is 6. The largest absolute Gasteiger partial charge is 0.250 e. The quantitative estimate of drug-likeness (QED) is 0.575. The molecule has 0 saturated carbocycles. The molecule has 106 valence electrons. The normalized spacial score (nSPS) is 12.5. The number of hydrogen-bond donors (Lipinski definition) is 0. The van der Waals surface area contributed by atoms with Crippen molar-refractivity contribution < 1.29 is 0 Å². The maximum absolute atomic E-state index is 5.85. The maximum Gasteiger partial charge on any atom is 0.250 e. The highest BCUT2D eigenvalue weighted by Gasteiger charge is 2.32. The predicted molar refractivity (Wildman–Crippen MR) is 85.9 cm³/mol. The molecule has 0 bridgehead atoms. The number of rotatable bonds is 1. The third-order valence-corrected chi connectivity index (χ3v) is 3.43. The molecule has 8 heteroatoms. The second-order valence-corrected chi connectivity index (χ2v) is 8.39. The van der Waals surface area contributed by atoms with E-state index in [1.165, 1.54) is 0 Å². The third-order valence-electron chi connectivity index (χ3n) is 2.34. The lowest BCUT2D eigenvalue weighted by Crippen LogP contribution is -2.14. The Balaban J connectivity index is 2.64. The van der Waals surface area contributed by atoms with Crippen LogP contribution in [-0.2, 0) is 7.59 Å². The van der Waals surface area contributed by atoms with Crippen LogP contribution in [0.2, 0.25) is 0 Å². The van der Waals surface area contributed by atoms with Crippen LogP contribution in [0.5, 0.6) is 0 Å². The Morgan fingerprint density at radius 1 is 0.750 bits per heavy atom. The highest BCUT2D eigenvalue weighted by molar-refractivity contribution is 6.67. The molecule has 0 saturated heterocycles. The lowest BCUT2D eigenvalue weighted by atomic mass is 10.1. The lowest BCUT2D eigenvalue weighted by Gasteiger charge is -2.16. The number of hydrogen-bond acceptors (Lipinski definition) is 2. The molecule has 1 heterocycles. The molecular formula is C12H6Cl6N2. The minimum absolute atomic E-state index is 0.0508. The van der Waals surface area contributed by atoms with Crippen LogP contribution in [0.3, 0.4) is 0 Å². The molecule has 0 fully saturated rings. The van der Waals surface area contributed by atoms with E-state index < -0.39 is 7.59 Å². The van der Waals surface area contributed by atoms with Gasteiger partial charge in [-0.25, -0.2) is 9.97 Å². The van der Waals surface area contributed by atoms with E-state index in [-0.39, 0.29) is 11.5 Å². The Hall–Kier alpha value is 0.0400. The van der Waals surface area contributed by atoms with E-state index >= 15 is 0 Å². The van der Waals surface area contributed by atoms with Crippen LogP contribution in [0.25, 0.3) is 11.3 Å². The van der Waals surface area contributed by atoms with E-state index in [9.17, 15) is 0 Å². The topological polar surface area (TPSA) is 25.8 Å². The molecule has 1 aromatic carbocycles. The first-order valence-corrected chi connectivity index (χ1v) is 7.53. The van der Waals surface area contributed by atoms with Crippen molar-refractivity contribution in [2.75, 3.05) is 0 Å². The van der Waals surface area contributed by atoms with Gasteiger partial charge in [0.05, 0.1) is 11.4 Å². The number of aromatic nitrogens is 2. The molecule has 0 amide bonds. The molecule has 0 atom stereocenters. The average Bonchev–Trinajstić information content (AvgIpc) is 2.37. The van der Waals surface area contributed by atoms with Gasteiger partial charge in [0.15, 0.2) is 5.82 Å². The van der Waals surface area contributed by atoms with Crippen molar-refractivity contribution in [3.05, 3.63) is 47.9 Å². The van der Waals surface area contributed by atoms with Gasteiger partial charge in [-0.15, -0.1) is 0 Å². The van der Waals surface area contributed by atoms with Crippen LogP contribution in [0.4, 0.5) is 0 Å². The molecule has 2 aromatic rings. The summed E-state index contributed by atoms with van der Waals surface area (Å²) in [6.07, 6.45) is 0. The second-order valence-electron chi connectivity index (χ2n) is 3.82. The molecule has 0 spiro atoms. The van der Waals surface area contributed by atoms with E-state index in [1.807, 2.05) is 30.3 Å². The summed E-state index contributed by atoms with van der Waals surface area (Å²) < 4.78 is -3.55. The van der Waals surface area contributed by atoms with Crippen molar-refractivity contribution in [3.63, 3.8) is 0 Å². The van der Waals surface area contributed by atoms with E-state index in [4.69, 9.17) is 69.6 Å². The van der Waals surface area contributed by atoms with E-state index in [0.717, 1.165) is 5.56 Å². The summed E-state index contributed by atoms with van der Waals surface area (Å²) in [7, 11) is 0. The van der Waals surface area contributed by atoms with Crippen molar-refractivity contribution in [2.45, 2.75) is 7.59 Å². The highest BCUT2D eigenvalue weighted by Crippen LogP contribution is 2.41. The van der Waals surface area contributed by atoms with Crippen molar-refractivity contribution in [1.82, 2.24) is 9.97 Å². The van der Waals surface area contributed by atoms with Gasteiger partial charge in [-0.05, 0) is 6.07 Å². The monoisotopic (exact) mass is 388 g/mol. The molecule has 2 nitrogen and oxygen atoms in total. The van der Waals surface area contributed by atoms with Crippen molar-refractivity contribution >= 4 is 69.6 Å². The maximum atomic E-state index is 5.85. The van der Waals surface area contributed by atoms with E-state index in [1.54, 1.807) is 6.07 Å². The Kier molecular flexibility index (Phi) is 4.95. The van der Waals surface area contributed by atoms with Gasteiger partial charge in [-0.2, -0.15) is 0 Å². The van der Waals surface area contributed by atoms with Gasteiger partial charge in [-0.3, -0.25) is 0 Å². The first kappa shape index (κ1) is 16.4. The molecule has 0 N–H and O–H groups in total. The average molecular weight is 391 g/mol. The Labute approximate surface area is 145 Å². The lowest BCUT2D eigenvalue weighted by molar-refractivity contribution is 0.919. The summed E-state index contributed by atoms with van der Waals surface area (Å²) in [5, 5.41) is 0. The van der Waals surface area contributed by atoms with Crippen molar-refractivity contribution in [3.8, 4) is 11.3 Å². The molecule has 0 aliphatic heterocycles. The summed E-state index contributed by atoms with van der Waals surface area (Å²) in [5.74, 6) is -0.0508. The predicted octanol–water partition coefficient (Wildman–Crippen LogP) is 5.80. The first-order chi connectivity index (χ1) is 9.18. The Morgan fingerprint density at radius 2 is 1.35 bits per heavy atom. The molecule has 2 rings (SSSR count). The van der Waals surface area contributed by atoms with Gasteiger partial charge in [0.2, 0.25) is 7.59 Å². The summed E-state index contributed by atoms with van der Waals surface area (Å²) >= 11 is 35.0. The van der Waals surface area contributed by atoms with Crippen LogP contribution >= 0.6 is 69.6 Å². The zero-order valence-corrected chi connectivity index (χ0v) is 14.2. The van der Waals surface area contributed by atoms with Crippen molar-refractivity contribution in [2.24, 2.45) is 0 Å². The number of halogens is 6. The number of nitrogens with zero attached hydrogens (tertiary/aromatic N) is 2. The molecule has 0 aliphatic rings. The fourth-order valence-corrected chi connectivity index (χ4v) is 2.02. The van der Waals surface area contributed by atoms with E-state index in [2.05, 4.69) is 9.97 Å². The molecule has 0 unspecified atom stereocenters. The Bertz CT molecular complexity index is 571.